The van der Waals surface area contributed by atoms with Gasteiger partial charge in [0.15, 0.2) is 0 Å². The lowest BCUT2D eigenvalue weighted by atomic mass is 10.0. The molecule has 0 unspecified atom stereocenters. The summed E-state index contributed by atoms with van der Waals surface area (Å²) in [6, 6.07) is 13.4. The second-order valence-corrected chi connectivity index (χ2v) is 5.04. The van der Waals surface area contributed by atoms with Crippen LogP contribution < -0.4 is 5.73 Å². The molecular formula is C17H19ClN2O2. The summed E-state index contributed by atoms with van der Waals surface area (Å²) >= 11 is 0. The molecule has 0 fully saturated rings. The average Bonchev–Trinajstić information content (AvgIpc) is 2.86. The Balaban J connectivity index is 0.00000176. The van der Waals surface area contributed by atoms with E-state index in [1.165, 1.54) is 18.0 Å². The third-order valence-corrected chi connectivity index (χ3v) is 3.93. The predicted octanol–water partition coefficient (Wildman–Crippen LogP) is 3.41. The highest BCUT2D eigenvalue weighted by Gasteiger charge is 2.18. The van der Waals surface area contributed by atoms with Crippen LogP contribution in [0.1, 0.15) is 18.5 Å². The van der Waals surface area contributed by atoms with Crippen molar-refractivity contribution >= 4 is 40.2 Å². The van der Waals surface area contributed by atoms with Gasteiger partial charge in [0.2, 0.25) is 0 Å². The number of halogens is 1. The number of methoxy groups -OCH3 is 1. The molecule has 0 bridgehead atoms. The van der Waals surface area contributed by atoms with E-state index < -0.39 is 12.0 Å². The SMILES string of the molecule is CCn1c2ccccc2c2cc([C@H](N)C(=O)OC)ccc21.Cl. The van der Waals surface area contributed by atoms with E-state index in [1.54, 1.807) is 0 Å². The third kappa shape index (κ3) is 2.45. The minimum Gasteiger partial charge on any atom is -0.468 e. The molecule has 0 aliphatic carbocycles. The van der Waals surface area contributed by atoms with Crippen LogP contribution in [0.25, 0.3) is 21.8 Å². The minimum atomic E-state index is -0.747. The van der Waals surface area contributed by atoms with Crippen LogP contribution >= 0.6 is 12.4 Å². The number of aryl methyl sites for hydroxylation is 1. The zero-order chi connectivity index (χ0) is 15.0. The number of esters is 1. The largest absolute Gasteiger partial charge is 0.468 e. The van der Waals surface area contributed by atoms with Gasteiger partial charge < -0.3 is 15.0 Å². The summed E-state index contributed by atoms with van der Waals surface area (Å²) in [5.74, 6) is -0.423. The zero-order valence-corrected chi connectivity index (χ0v) is 13.4. The van der Waals surface area contributed by atoms with E-state index in [9.17, 15) is 4.79 Å². The predicted molar refractivity (Wildman–Crippen MR) is 91.3 cm³/mol. The lowest BCUT2D eigenvalue weighted by Crippen LogP contribution is -2.22. The Morgan fingerprint density at radius 3 is 2.55 bits per heavy atom. The molecule has 5 heteroatoms. The lowest BCUT2D eigenvalue weighted by molar-refractivity contribution is -0.142. The smallest absolute Gasteiger partial charge is 0.327 e. The molecule has 2 N–H and O–H groups in total. The highest BCUT2D eigenvalue weighted by atomic mass is 35.5. The second kappa shape index (κ2) is 6.38. The van der Waals surface area contributed by atoms with Crippen molar-refractivity contribution in [3.63, 3.8) is 0 Å². The van der Waals surface area contributed by atoms with Crippen LogP contribution in [0, 0.1) is 0 Å². The molecule has 1 atom stereocenters. The van der Waals surface area contributed by atoms with Crippen LogP contribution in [0.3, 0.4) is 0 Å². The highest BCUT2D eigenvalue weighted by molar-refractivity contribution is 6.08. The fraction of sp³-hybridized carbons (Fsp3) is 0.235. The number of hydrogen-bond acceptors (Lipinski definition) is 3. The van der Waals surface area contributed by atoms with Crippen molar-refractivity contribution in [2.45, 2.75) is 19.5 Å². The van der Waals surface area contributed by atoms with Gasteiger partial charge in [-0.15, -0.1) is 12.4 Å². The van der Waals surface area contributed by atoms with Crippen molar-refractivity contribution in [3.8, 4) is 0 Å². The summed E-state index contributed by atoms with van der Waals surface area (Å²) in [4.78, 5) is 11.6. The van der Waals surface area contributed by atoms with Gasteiger partial charge in [-0.05, 0) is 30.7 Å². The molecule has 2 aromatic carbocycles. The van der Waals surface area contributed by atoms with Gasteiger partial charge in [0.1, 0.15) is 6.04 Å². The fourth-order valence-corrected chi connectivity index (χ4v) is 2.87. The molecule has 1 aromatic heterocycles. The Morgan fingerprint density at radius 1 is 1.18 bits per heavy atom. The standard InChI is InChI=1S/C17H18N2O2.ClH/c1-3-19-14-7-5-4-6-12(14)13-10-11(8-9-15(13)19)16(18)17(20)21-2;/h4-10,16H,3,18H2,1-2H3;1H/t16-;/m0./s1. The maximum absolute atomic E-state index is 11.6. The van der Waals surface area contributed by atoms with Gasteiger partial charge in [-0.1, -0.05) is 24.3 Å². The monoisotopic (exact) mass is 318 g/mol. The first-order chi connectivity index (χ1) is 10.2. The first-order valence-corrected chi connectivity index (χ1v) is 7.01. The van der Waals surface area contributed by atoms with E-state index in [0.29, 0.717) is 0 Å². The number of fused-ring (bicyclic) bond motifs is 3. The molecular weight excluding hydrogens is 300 g/mol. The number of carbonyl (C=O) groups excluding carboxylic acids is 1. The average molecular weight is 319 g/mol. The van der Waals surface area contributed by atoms with Crippen molar-refractivity contribution in [1.29, 1.82) is 0 Å². The Kier molecular flexibility index (Phi) is 4.74. The Hall–Kier alpha value is -2.04. The molecule has 3 aromatic rings. The van der Waals surface area contributed by atoms with Gasteiger partial charge in [-0.2, -0.15) is 0 Å². The highest BCUT2D eigenvalue weighted by Crippen LogP contribution is 2.30. The Bertz CT molecular complexity index is 826. The van der Waals surface area contributed by atoms with Crippen molar-refractivity contribution in [2.75, 3.05) is 7.11 Å². The number of aromatic nitrogens is 1. The number of ether oxygens (including phenoxy) is 1. The van der Waals surface area contributed by atoms with E-state index in [-0.39, 0.29) is 12.4 Å². The normalized spacial score (nSPS) is 12.1. The summed E-state index contributed by atoms with van der Waals surface area (Å²) in [5.41, 5.74) is 9.06. The van der Waals surface area contributed by atoms with E-state index in [0.717, 1.165) is 23.0 Å². The van der Waals surface area contributed by atoms with Crippen LogP contribution in [0.5, 0.6) is 0 Å². The van der Waals surface area contributed by atoms with Crippen LogP contribution in [0.4, 0.5) is 0 Å². The number of benzene rings is 2. The number of carbonyl (C=O) groups is 1. The number of rotatable bonds is 3. The van der Waals surface area contributed by atoms with Crippen LogP contribution in [-0.2, 0) is 16.1 Å². The molecule has 22 heavy (non-hydrogen) atoms. The van der Waals surface area contributed by atoms with E-state index >= 15 is 0 Å². The summed E-state index contributed by atoms with van der Waals surface area (Å²) in [6.45, 7) is 3.02. The lowest BCUT2D eigenvalue weighted by Gasteiger charge is -2.10. The molecule has 0 saturated carbocycles. The van der Waals surface area contributed by atoms with E-state index in [2.05, 4.69) is 23.6 Å². The molecule has 3 rings (SSSR count). The zero-order valence-electron chi connectivity index (χ0n) is 12.6. The molecule has 0 saturated heterocycles. The minimum absolute atomic E-state index is 0. The molecule has 1 heterocycles. The van der Waals surface area contributed by atoms with Gasteiger partial charge in [-0.25, -0.2) is 0 Å². The summed E-state index contributed by atoms with van der Waals surface area (Å²) in [7, 11) is 1.35. The van der Waals surface area contributed by atoms with Gasteiger partial charge in [0.25, 0.3) is 0 Å². The first-order valence-electron chi connectivity index (χ1n) is 7.01. The maximum atomic E-state index is 11.6. The van der Waals surface area contributed by atoms with E-state index in [1.807, 2.05) is 30.3 Å². The quantitative estimate of drug-likeness (QED) is 0.753. The number of para-hydroxylation sites is 1. The second-order valence-electron chi connectivity index (χ2n) is 5.04. The molecule has 0 aliphatic heterocycles. The maximum Gasteiger partial charge on any atom is 0.327 e. The third-order valence-electron chi connectivity index (χ3n) is 3.93. The molecule has 0 spiro atoms. The summed E-state index contributed by atoms with van der Waals surface area (Å²) < 4.78 is 6.99. The fourth-order valence-electron chi connectivity index (χ4n) is 2.87. The molecule has 116 valence electrons. The van der Waals surface area contributed by atoms with Gasteiger partial charge in [0, 0.05) is 28.4 Å². The van der Waals surface area contributed by atoms with Crippen LogP contribution in [0.15, 0.2) is 42.5 Å². The van der Waals surface area contributed by atoms with Gasteiger partial charge in [0.05, 0.1) is 7.11 Å². The van der Waals surface area contributed by atoms with Crippen molar-refractivity contribution in [2.24, 2.45) is 5.73 Å². The molecule has 0 aliphatic rings. The van der Waals surface area contributed by atoms with Crippen molar-refractivity contribution < 1.29 is 9.53 Å². The summed E-state index contributed by atoms with van der Waals surface area (Å²) in [6.07, 6.45) is 0. The number of hydrogen-bond donors (Lipinski definition) is 1. The van der Waals surface area contributed by atoms with Crippen LogP contribution in [-0.4, -0.2) is 17.6 Å². The van der Waals surface area contributed by atoms with Crippen LogP contribution in [0.2, 0.25) is 0 Å². The topological polar surface area (TPSA) is 57.2 Å². The Labute approximate surface area is 135 Å². The molecule has 4 nitrogen and oxygen atoms in total. The van der Waals surface area contributed by atoms with E-state index in [4.69, 9.17) is 10.5 Å². The number of nitrogens with zero attached hydrogens (tertiary/aromatic N) is 1. The first kappa shape index (κ1) is 16.3. The number of nitrogens with two attached hydrogens (primary N) is 1. The van der Waals surface area contributed by atoms with Crippen molar-refractivity contribution in [3.05, 3.63) is 48.0 Å². The van der Waals surface area contributed by atoms with Crippen molar-refractivity contribution in [1.82, 2.24) is 4.57 Å². The molecule has 0 amide bonds. The van der Waals surface area contributed by atoms with Gasteiger partial charge >= 0.3 is 5.97 Å². The Morgan fingerprint density at radius 2 is 1.86 bits per heavy atom. The van der Waals surface area contributed by atoms with Gasteiger partial charge in [-0.3, -0.25) is 4.79 Å². The molecule has 0 radical (unpaired) electrons. The summed E-state index contributed by atoms with van der Waals surface area (Å²) in [5, 5.41) is 2.29.